The highest BCUT2D eigenvalue weighted by Gasteiger charge is 2.28. The minimum Gasteiger partial charge on any atom is -0.440 e. The topological polar surface area (TPSA) is 59.2 Å². The van der Waals surface area contributed by atoms with E-state index in [1.165, 1.54) is 0 Å². The summed E-state index contributed by atoms with van der Waals surface area (Å²) in [5.41, 5.74) is 2.31. The van der Waals surface area contributed by atoms with Crippen LogP contribution >= 0.6 is 0 Å². The van der Waals surface area contributed by atoms with Crippen LogP contribution < -0.4 is 0 Å². The summed E-state index contributed by atoms with van der Waals surface area (Å²) in [7, 11) is 0. The van der Waals surface area contributed by atoms with E-state index >= 15 is 0 Å². The minimum atomic E-state index is 0.0268. The minimum absolute atomic E-state index is 0.0268. The quantitative estimate of drug-likeness (QED) is 0.729. The lowest BCUT2D eigenvalue weighted by Crippen LogP contribution is -2.39. The molecule has 4 rings (SSSR count). The van der Waals surface area contributed by atoms with Crippen molar-refractivity contribution in [3.05, 3.63) is 60.2 Å². The number of pyridine rings is 1. The largest absolute Gasteiger partial charge is 0.440 e. The molecule has 1 atom stereocenters. The smallest absolute Gasteiger partial charge is 0.255 e. The maximum Gasteiger partial charge on any atom is 0.255 e. The number of piperidine rings is 1. The van der Waals surface area contributed by atoms with Gasteiger partial charge in [0.05, 0.1) is 11.5 Å². The van der Waals surface area contributed by atoms with Crippen LogP contribution in [0.15, 0.2) is 53.2 Å². The van der Waals surface area contributed by atoms with Crippen LogP contribution in [0.3, 0.4) is 0 Å². The highest BCUT2D eigenvalue weighted by molar-refractivity contribution is 5.94. The predicted octanol–water partition coefficient (Wildman–Crippen LogP) is 3.24. The molecule has 5 heteroatoms. The van der Waals surface area contributed by atoms with Gasteiger partial charge in [0, 0.05) is 25.5 Å². The van der Waals surface area contributed by atoms with Gasteiger partial charge in [0.15, 0.2) is 11.5 Å². The van der Waals surface area contributed by atoms with Crippen molar-refractivity contribution in [1.29, 1.82) is 0 Å². The van der Waals surface area contributed by atoms with E-state index in [0.717, 1.165) is 36.4 Å². The number of hydrogen-bond donors (Lipinski definition) is 0. The molecule has 0 saturated carbocycles. The summed E-state index contributed by atoms with van der Waals surface area (Å²) < 4.78 is 5.88. The second kappa shape index (κ2) is 5.83. The molecule has 0 N–H and O–H groups in total. The first kappa shape index (κ1) is 13.9. The molecule has 3 heterocycles. The fourth-order valence-electron chi connectivity index (χ4n) is 3.10. The number of likely N-dealkylation sites (tertiary alicyclic amines) is 1. The third-order valence-corrected chi connectivity index (χ3v) is 4.28. The van der Waals surface area contributed by atoms with E-state index in [0.29, 0.717) is 12.1 Å². The van der Waals surface area contributed by atoms with Crippen molar-refractivity contribution in [1.82, 2.24) is 14.9 Å². The van der Waals surface area contributed by atoms with Gasteiger partial charge in [-0.05, 0) is 37.1 Å². The molecule has 3 aromatic rings. The Balaban J connectivity index is 1.56. The molecule has 116 valence electrons. The second-order valence-corrected chi connectivity index (χ2v) is 5.85. The molecule has 0 spiro atoms. The van der Waals surface area contributed by atoms with Gasteiger partial charge in [-0.3, -0.25) is 9.78 Å². The summed E-state index contributed by atoms with van der Waals surface area (Å²) in [6.07, 6.45) is 5.23. The number of para-hydroxylation sites is 2. The highest BCUT2D eigenvalue weighted by atomic mass is 16.3. The van der Waals surface area contributed by atoms with E-state index in [1.807, 2.05) is 29.2 Å². The fraction of sp³-hybridized carbons (Fsp3) is 0.278. The van der Waals surface area contributed by atoms with Crippen molar-refractivity contribution in [2.75, 3.05) is 13.1 Å². The second-order valence-electron chi connectivity index (χ2n) is 5.85. The van der Waals surface area contributed by atoms with E-state index in [1.54, 1.807) is 24.5 Å². The van der Waals surface area contributed by atoms with Gasteiger partial charge >= 0.3 is 0 Å². The van der Waals surface area contributed by atoms with Gasteiger partial charge in [-0.1, -0.05) is 12.1 Å². The Labute approximate surface area is 134 Å². The van der Waals surface area contributed by atoms with Crippen molar-refractivity contribution in [2.45, 2.75) is 18.8 Å². The molecule has 1 aliphatic rings. The first-order valence-electron chi connectivity index (χ1n) is 7.86. The lowest BCUT2D eigenvalue weighted by atomic mass is 9.97. The monoisotopic (exact) mass is 307 g/mol. The molecule has 0 bridgehead atoms. The van der Waals surface area contributed by atoms with Gasteiger partial charge in [0.2, 0.25) is 0 Å². The molecule has 1 amide bonds. The number of hydrogen-bond acceptors (Lipinski definition) is 4. The fourth-order valence-corrected chi connectivity index (χ4v) is 3.10. The number of rotatable bonds is 2. The summed E-state index contributed by atoms with van der Waals surface area (Å²) in [4.78, 5) is 23.1. The highest BCUT2D eigenvalue weighted by Crippen LogP contribution is 2.29. The predicted molar refractivity (Wildman–Crippen MR) is 86.1 cm³/mol. The van der Waals surface area contributed by atoms with Crippen molar-refractivity contribution >= 4 is 17.0 Å². The number of carbonyl (C=O) groups excluding carboxylic acids is 1. The van der Waals surface area contributed by atoms with Crippen molar-refractivity contribution in [3.63, 3.8) is 0 Å². The number of aromatic nitrogens is 2. The number of carbonyl (C=O) groups is 1. The summed E-state index contributed by atoms with van der Waals surface area (Å²) in [5, 5.41) is 0. The van der Waals surface area contributed by atoms with Crippen LogP contribution in [0.4, 0.5) is 0 Å². The maximum atomic E-state index is 12.6. The first-order chi connectivity index (χ1) is 11.3. The Morgan fingerprint density at radius 1 is 1.22 bits per heavy atom. The Morgan fingerprint density at radius 2 is 2.13 bits per heavy atom. The third kappa shape index (κ3) is 2.70. The van der Waals surface area contributed by atoms with E-state index in [-0.39, 0.29) is 11.8 Å². The summed E-state index contributed by atoms with van der Waals surface area (Å²) in [6.45, 7) is 1.41. The average Bonchev–Trinajstić information content (AvgIpc) is 3.06. The summed E-state index contributed by atoms with van der Waals surface area (Å²) in [5.74, 6) is 0.908. The zero-order chi connectivity index (χ0) is 15.6. The molecule has 1 fully saturated rings. The van der Waals surface area contributed by atoms with Gasteiger partial charge in [-0.2, -0.15) is 0 Å². The first-order valence-corrected chi connectivity index (χ1v) is 7.86. The molecule has 1 aromatic carbocycles. The molecule has 0 radical (unpaired) electrons. The molecule has 1 saturated heterocycles. The van der Waals surface area contributed by atoms with Crippen LogP contribution in [0.2, 0.25) is 0 Å². The Kier molecular flexibility index (Phi) is 3.54. The molecule has 5 nitrogen and oxygen atoms in total. The van der Waals surface area contributed by atoms with Gasteiger partial charge in [0.1, 0.15) is 5.52 Å². The molecule has 1 aliphatic heterocycles. The Bertz CT molecular complexity index is 795. The van der Waals surface area contributed by atoms with Crippen LogP contribution in [-0.2, 0) is 0 Å². The van der Waals surface area contributed by atoms with Crippen molar-refractivity contribution in [3.8, 4) is 0 Å². The normalized spacial score (nSPS) is 18.3. The molecule has 1 unspecified atom stereocenters. The lowest BCUT2D eigenvalue weighted by Gasteiger charge is -2.31. The standard InChI is InChI=1S/C18H17N3O2/c22-18(13-5-3-9-19-11-13)21-10-4-6-14(12-21)17-20-15-7-1-2-8-16(15)23-17/h1-3,5,7-9,11,14H,4,6,10,12H2. The summed E-state index contributed by atoms with van der Waals surface area (Å²) in [6, 6.07) is 11.4. The lowest BCUT2D eigenvalue weighted by molar-refractivity contribution is 0.0698. The third-order valence-electron chi connectivity index (χ3n) is 4.28. The SMILES string of the molecule is O=C(c1cccnc1)N1CCCC(c2nc3ccccc3o2)C1. The van der Waals surface area contributed by atoms with Crippen molar-refractivity contribution in [2.24, 2.45) is 0 Å². The number of nitrogens with zero attached hydrogens (tertiary/aromatic N) is 3. The molecule has 2 aromatic heterocycles. The molecular formula is C18H17N3O2. The zero-order valence-corrected chi connectivity index (χ0v) is 12.7. The van der Waals surface area contributed by atoms with Crippen LogP contribution in [0.1, 0.15) is 35.0 Å². The van der Waals surface area contributed by atoms with E-state index < -0.39 is 0 Å². The van der Waals surface area contributed by atoms with Gasteiger partial charge < -0.3 is 9.32 Å². The van der Waals surface area contributed by atoms with E-state index in [9.17, 15) is 4.79 Å². The zero-order valence-electron chi connectivity index (χ0n) is 12.7. The Morgan fingerprint density at radius 3 is 2.96 bits per heavy atom. The van der Waals surface area contributed by atoms with Gasteiger partial charge in [0.25, 0.3) is 5.91 Å². The van der Waals surface area contributed by atoms with Gasteiger partial charge in [-0.15, -0.1) is 0 Å². The van der Waals surface area contributed by atoms with Crippen LogP contribution in [0.25, 0.3) is 11.1 Å². The average molecular weight is 307 g/mol. The number of benzene rings is 1. The maximum absolute atomic E-state index is 12.6. The molecular weight excluding hydrogens is 290 g/mol. The molecule has 0 aliphatic carbocycles. The van der Waals surface area contributed by atoms with Crippen LogP contribution in [0, 0.1) is 0 Å². The van der Waals surface area contributed by atoms with Gasteiger partial charge in [-0.25, -0.2) is 4.98 Å². The molecule has 23 heavy (non-hydrogen) atoms. The Hall–Kier alpha value is -2.69. The number of amides is 1. The van der Waals surface area contributed by atoms with Crippen LogP contribution in [-0.4, -0.2) is 33.9 Å². The summed E-state index contributed by atoms with van der Waals surface area (Å²) >= 11 is 0. The van der Waals surface area contributed by atoms with E-state index in [4.69, 9.17) is 4.42 Å². The number of fused-ring (bicyclic) bond motifs is 1. The van der Waals surface area contributed by atoms with E-state index in [2.05, 4.69) is 9.97 Å². The van der Waals surface area contributed by atoms with Crippen molar-refractivity contribution < 1.29 is 9.21 Å². The van der Waals surface area contributed by atoms with Crippen LogP contribution in [0.5, 0.6) is 0 Å². The number of oxazole rings is 1.